The van der Waals surface area contributed by atoms with Crippen LogP contribution in [0.1, 0.15) is 381 Å². The lowest BCUT2D eigenvalue weighted by atomic mass is 9.99. The Bertz CT molecular complexity index is 1770. The van der Waals surface area contributed by atoms with Gasteiger partial charge in [0.1, 0.15) is 19.3 Å². The molecule has 0 heterocycles. The van der Waals surface area contributed by atoms with Gasteiger partial charge < -0.3 is 33.8 Å². The molecule has 0 bridgehead atoms. The number of aliphatic hydroxyl groups excluding tert-OH is 1. The molecule has 0 rings (SSSR count). The molecule has 0 saturated heterocycles. The summed E-state index contributed by atoms with van der Waals surface area (Å²) in [4.78, 5) is 72.6. The molecule has 0 aromatic heterocycles. The quantitative estimate of drug-likeness (QED) is 0.0222. The molecule has 19 heteroatoms. The number of phosphoric ester groups is 2. The van der Waals surface area contributed by atoms with Crippen LogP contribution in [0.15, 0.2) is 0 Å². The Kier molecular flexibility index (Phi) is 64.9. The molecule has 0 amide bonds. The Balaban J connectivity index is 5.21. The Hall–Kier alpha value is -1.94. The highest BCUT2D eigenvalue weighted by atomic mass is 31.2. The van der Waals surface area contributed by atoms with E-state index in [2.05, 4.69) is 34.6 Å². The molecule has 6 atom stereocenters. The van der Waals surface area contributed by atoms with Gasteiger partial charge in [-0.1, -0.05) is 330 Å². The smallest absolute Gasteiger partial charge is 0.462 e. The van der Waals surface area contributed by atoms with E-state index < -0.39 is 97.5 Å². The van der Waals surface area contributed by atoms with Crippen LogP contribution in [0, 0.1) is 5.92 Å². The van der Waals surface area contributed by atoms with Gasteiger partial charge in [0.05, 0.1) is 26.4 Å². The monoisotopic (exact) mass is 1350 g/mol. The third-order valence-electron chi connectivity index (χ3n) is 17.4. The summed E-state index contributed by atoms with van der Waals surface area (Å²) in [7, 11) is -9.90. The molecule has 0 spiro atoms. The van der Waals surface area contributed by atoms with E-state index >= 15 is 0 Å². The molecular formula is C73H142O17P2. The second-order valence-corrected chi connectivity index (χ2v) is 29.5. The Morgan fingerprint density at radius 1 is 0.304 bits per heavy atom. The van der Waals surface area contributed by atoms with Crippen molar-refractivity contribution in [3.05, 3.63) is 0 Å². The topological polar surface area (TPSA) is 237 Å². The molecule has 0 saturated carbocycles. The zero-order chi connectivity index (χ0) is 67.7. The summed E-state index contributed by atoms with van der Waals surface area (Å²) in [6.45, 7) is 7.26. The van der Waals surface area contributed by atoms with Crippen molar-refractivity contribution >= 4 is 39.5 Å². The maximum absolute atomic E-state index is 13.1. The number of hydrogen-bond acceptors (Lipinski definition) is 15. The van der Waals surface area contributed by atoms with Crippen LogP contribution in [-0.4, -0.2) is 96.7 Å². The second-order valence-electron chi connectivity index (χ2n) is 26.6. The zero-order valence-corrected chi connectivity index (χ0v) is 61.5. The van der Waals surface area contributed by atoms with Crippen LogP contribution < -0.4 is 0 Å². The molecular weight excluding hydrogens is 1210 g/mol. The summed E-state index contributed by atoms with van der Waals surface area (Å²) >= 11 is 0. The molecule has 0 aromatic carbocycles. The minimum Gasteiger partial charge on any atom is -0.462 e. The van der Waals surface area contributed by atoms with E-state index in [1.54, 1.807) is 0 Å². The molecule has 17 nitrogen and oxygen atoms in total. The molecule has 0 radical (unpaired) electrons. The number of hydrogen-bond donors (Lipinski definition) is 3. The average molecular weight is 1350 g/mol. The fraction of sp³-hybridized carbons (Fsp3) is 0.945. The fourth-order valence-electron chi connectivity index (χ4n) is 11.1. The lowest BCUT2D eigenvalue weighted by molar-refractivity contribution is -0.161. The van der Waals surface area contributed by atoms with Crippen molar-refractivity contribution in [1.82, 2.24) is 0 Å². The van der Waals surface area contributed by atoms with Crippen LogP contribution in [0.3, 0.4) is 0 Å². The van der Waals surface area contributed by atoms with Gasteiger partial charge in [-0.05, 0) is 31.6 Å². The molecule has 0 aliphatic heterocycles. The molecule has 3 N–H and O–H groups in total. The van der Waals surface area contributed by atoms with Crippen molar-refractivity contribution in [2.75, 3.05) is 39.6 Å². The van der Waals surface area contributed by atoms with Crippen molar-refractivity contribution in [2.24, 2.45) is 5.92 Å². The summed E-state index contributed by atoms with van der Waals surface area (Å²) in [5.41, 5.74) is 0. The highest BCUT2D eigenvalue weighted by Gasteiger charge is 2.30. The van der Waals surface area contributed by atoms with Gasteiger partial charge in [0.25, 0.3) is 0 Å². The largest absolute Gasteiger partial charge is 0.472 e. The highest BCUT2D eigenvalue weighted by molar-refractivity contribution is 7.47. The normalized spacial score (nSPS) is 14.3. The van der Waals surface area contributed by atoms with Crippen molar-refractivity contribution in [2.45, 2.75) is 400 Å². The van der Waals surface area contributed by atoms with Gasteiger partial charge in [0.15, 0.2) is 12.2 Å². The van der Waals surface area contributed by atoms with Crippen LogP contribution in [0.2, 0.25) is 0 Å². The lowest BCUT2D eigenvalue weighted by Gasteiger charge is -2.21. The SMILES string of the molecule is CCCCCCCCCCCCCCCCCCCCCC(=O)O[C@H](COC(=O)CCCCCCCCCCC(C)CC)COP(=O)(O)OC[C@@H](O)COP(=O)(O)OC[C@@H](COC(=O)CCCCCCCCCCC)OC(=O)CCCCCCCCCCCCCC. The number of phosphoric acid groups is 2. The summed E-state index contributed by atoms with van der Waals surface area (Å²) < 4.78 is 68.4. The Labute approximate surface area is 562 Å². The van der Waals surface area contributed by atoms with Crippen LogP contribution in [0.4, 0.5) is 0 Å². The van der Waals surface area contributed by atoms with Crippen molar-refractivity contribution in [3.8, 4) is 0 Å². The number of carbonyl (C=O) groups is 4. The predicted octanol–water partition coefficient (Wildman–Crippen LogP) is 21.3. The van der Waals surface area contributed by atoms with Crippen molar-refractivity contribution < 1.29 is 80.2 Å². The number of unbranched alkanes of at least 4 members (excludes halogenated alkanes) is 44. The minimum atomic E-state index is -4.95. The summed E-state index contributed by atoms with van der Waals surface area (Å²) in [6.07, 6.45) is 54.0. The Morgan fingerprint density at radius 2 is 0.522 bits per heavy atom. The molecule has 0 aliphatic rings. The van der Waals surface area contributed by atoms with Crippen molar-refractivity contribution in [3.63, 3.8) is 0 Å². The van der Waals surface area contributed by atoms with E-state index in [0.29, 0.717) is 25.7 Å². The number of rotatable bonds is 73. The molecule has 0 aliphatic carbocycles. The van der Waals surface area contributed by atoms with E-state index in [1.807, 2.05) is 0 Å². The molecule has 0 fully saturated rings. The standard InChI is InChI=1S/C73H142O17P2/c1-6-10-13-16-19-22-24-26-27-28-29-30-31-32-34-37-44-49-54-59-73(78)90-69(63-84-71(76)57-52-47-42-39-38-40-45-50-55-66(5)9-4)65-88-92(81,82)86-61-67(74)60-85-91(79,80)87-64-68(62-83-70(75)56-51-46-41-35-21-18-15-12-8-3)89-72(77)58-53-48-43-36-33-25-23-20-17-14-11-7-2/h66-69,74H,6-65H2,1-5H3,(H,79,80)(H,81,82)/t66?,67-,68+,69+/m0/s1. The van der Waals surface area contributed by atoms with E-state index in [4.69, 9.17) is 37.0 Å². The molecule has 92 heavy (non-hydrogen) atoms. The minimum absolute atomic E-state index is 0.107. The van der Waals surface area contributed by atoms with E-state index in [9.17, 15) is 43.2 Å². The van der Waals surface area contributed by atoms with Gasteiger partial charge in [0.2, 0.25) is 0 Å². The van der Waals surface area contributed by atoms with Crippen LogP contribution in [-0.2, 0) is 65.4 Å². The number of ether oxygens (including phenoxy) is 4. The molecule has 546 valence electrons. The maximum atomic E-state index is 13.1. The third kappa shape index (κ3) is 65.4. The van der Waals surface area contributed by atoms with Gasteiger partial charge >= 0.3 is 39.5 Å². The van der Waals surface area contributed by atoms with Gasteiger partial charge in [-0.3, -0.25) is 37.3 Å². The van der Waals surface area contributed by atoms with E-state index in [1.165, 1.54) is 205 Å². The molecule has 3 unspecified atom stereocenters. The van der Waals surface area contributed by atoms with E-state index in [0.717, 1.165) is 95.8 Å². The first-order valence-corrected chi connectivity index (χ1v) is 41.2. The highest BCUT2D eigenvalue weighted by Crippen LogP contribution is 2.45. The van der Waals surface area contributed by atoms with Crippen LogP contribution in [0.5, 0.6) is 0 Å². The van der Waals surface area contributed by atoms with E-state index in [-0.39, 0.29) is 25.7 Å². The van der Waals surface area contributed by atoms with Crippen LogP contribution >= 0.6 is 15.6 Å². The average Bonchev–Trinajstić information content (AvgIpc) is 1.63. The first-order valence-electron chi connectivity index (χ1n) is 38.2. The summed E-state index contributed by atoms with van der Waals surface area (Å²) in [5.74, 6) is -1.34. The summed E-state index contributed by atoms with van der Waals surface area (Å²) in [5, 5.41) is 10.6. The van der Waals surface area contributed by atoms with Gasteiger partial charge in [-0.15, -0.1) is 0 Å². The van der Waals surface area contributed by atoms with Crippen LogP contribution in [0.25, 0.3) is 0 Å². The first-order chi connectivity index (χ1) is 44.6. The van der Waals surface area contributed by atoms with Crippen molar-refractivity contribution in [1.29, 1.82) is 0 Å². The maximum Gasteiger partial charge on any atom is 0.472 e. The predicted molar refractivity (Wildman–Crippen MR) is 372 cm³/mol. The first kappa shape index (κ1) is 90.1. The second kappa shape index (κ2) is 66.3. The number of carbonyl (C=O) groups excluding carboxylic acids is 4. The van der Waals surface area contributed by atoms with Gasteiger partial charge in [-0.2, -0.15) is 0 Å². The lowest BCUT2D eigenvalue weighted by Crippen LogP contribution is -2.30. The summed E-state index contributed by atoms with van der Waals surface area (Å²) in [6, 6.07) is 0. The van der Waals surface area contributed by atoms with Gasteiger partial charge in [0, 0.05) is 25.7 Å². The molecule has 0 aromatic rings. The third-order valence-corrected chi connectivity index (χ3v) is 19.3. The number of aliphatic hydroxyl groups is 1. The Morgan fingerprint density at radius 3 is 0.772 bits per heavy atom. The van der Waals surface area contributed by atoms with Gasteiger partial charge in [-0.25, -0.2) is 9.13 Å². The number of esters is 4. The zero-order valence-electron chi connectivity index (χ0n) is 59.7. The fourth-order valence-corrected chi connectivity index (χ4v) is 12.7.